The van der Waals surface area contributed by atoms with Crippen LogP contribution in [0.5, 0.6) is 0 Å². The molecule has 0 fully saturated rings. The molecule has 0 amide bonds. The second kappa shape index (κ2) is 4.94. The van der Waals surface area contributed by atoms with Gasteiger partial charge in [-0.05, 0) is 72.3 Å². The molecule has 0 bridgehead atoms. The molecular weight excluding hydrogens is 339 g/mol. The third-order valence-corrected chi connectivity index (χ3v) is 3.51. The molecule has 0 unspecified atom stereocenters. The van der Waals surface area contributed by atoms with E-state index in [9.17, 15) is 4.79 Å². The van der Waals surface area contributed by atoms with Gasteiger partial charge in [0.05, 0.1) is 0 Å². The Bertz CT molecular complexity index is 693. The molecule has 0 aliphatic carbocycles. The van der Waals surface area contributed by atoms with Crippen LogP contribution in [0.2, 0.25) is 0 Å². The molecule has 0 N–H and O–H groups in total. The summed E-state index contributed by atoms with van der Waals surface area (Å²) in [6.07, 6.45) is 0. The molecule has 0 aliphatic heterocycles. The molecular formula is C14H11IN2O. The number of rotatable bonds is 1. The minimum atomic E-state index is -0.254. The first kappa shape index (κ1) is 12.8. The first-order valence-electron chi connectivity index (χ1n) is 5.44. The predicted octanol–water partition coefficient (Wildman–Crippen LogP) is 2.93. The molecule has 2 rings (SSSR count). The van der Waals surface area contributed by atoms with Crippen molar-refractivity contribution in [2.75, 3.05) is 0 Å². The van der Waals surface area contributed by atoms with E-state index >= 15 is 0 Å². The van der Waals surface area contributed by atoms with Crippen LogP contribution in [-0.2, 0) is 0 Å². The Morgan fingerprint density at radius 1 is 1.22 bits per heavy atom. The van der Waals surface area contributed by atoms with Crippen molar-refractivity contribution in [2.45, 2.75) is 13.8 Å². The minimum Gasteiger partial charge on any atom is -0.280 e. The molecule has 0 aliphatic rings. The molecule has 0 radical (unpaired) electrons. The molecule has 0 spiro atoms. The van der Waals surface area contributed by atoms with Crippen molar-refractivity contribution < 1.29 is 0 Å². The molecule has 4 heteroatoms. The molecule has 0 saturated carbocycles. The van der Waals surface area contributed by atoms with Crippen LogP contribution >= 0.6 is 22.6 Å². The lowest BCUT2D eigenvalue weighted by Crippen LogP contribution is -2.24. The average molecular weight is 350 g/mol. The van der Waals surface area contributed by atoms with Crippen molar-refractivity contribution in [1.82, 2.24) is 4.57 Å². The first-order chi connectivity index (χ1) is 8.54. The van der Waals surface area contributed by atoms with E-state index in [0.717, 1.165) is 20.5 Å². The highest BCUT2D eigenvalue weighted by Crippen LogP contribution is 2.14. The summed E-state index contributed by atoms with van der Waals surface area (Å²) in [5, 5.41) is 9.04. The van der Waals surface area contributed by atoms with Crippen LogP contribution in [0.3, 0.4) is 0 Å². The zero-order chi connectivity index (χ0) is 13.3. The van der Waals surface area contributed by atoms with Crippen LogP contribution in [0.4, 0.5) is 0 Å². The van der Waals surface area contributed by atoms with E-state index in [-0.39, 0.29) is 11.1 Å². The molecule has 0 saturated heterocycles. The maximum atomic E-state index is 12.3. The summed E-state index contributed by atoms with van der Waals surface area (Å²) in [5.74, 6) is 0. The molecule has 1 aromatic heterocycles. The normalized spacial score (nSPS) is 10.1. The summed E-state index contributed by atoms with van der Waals surface area (Å²) in [6, 6.07) is 11.5. The van der Waals surface area contributed by atoms with Crippen LogP contribution < -0.4 is 5.56 Å². The highest BCUT2D eigenvalue weighted by atomic mass is 127. The van der Waals surface area contributed by atoms with Crippen molar-refractivity contribution >= 4 is 22.6 Å². The number of nitriles is 1. The number of benzene rings is 1. The predicted molar refractivity (Wildman–Crippen MR) is 78.9 cm³/mol. The summed E-state index contributed by atoms with van der Waals surface area (Å²) in [7, 11) is 0. The fourth-order valence-electron chi connectivity index (χ4n) is 1.94. The van der Waals surface area contributed by atoms with Crippen LogP contribution in [0, 0.1) is 28.7 Å². The minimum absolute atomic E-state index is 0.208. The van der Waals surface area contributed by atoms with Crippen LogP contribution in [0.15, 0.2) is 35.1 Å². The Morgan fingerprint density at radius 3 is 2.39 bits per heavy atom. The van der Waals surface area contributed by atoms with Gasteiger partial charge in [0.1, 0.15) is 11.6 Å². The molecule has 0 atom stereocenters. The van der Waals surface area contributed by atoms with Crippen LogP contribution in [0.1, 0.15) is 16.8 Å². The van der Waals surface area contributed by atoms with Gasteiger partial charge < -0.3 is 0 Å². The Morgan fingerprint density at radius 2 is 1.83 bits per heavy atom. The van der Waals surface area contributed by atoms with E-state index in [0.29, 0.717) is 0 Å². The first-order valence-corrected chi connectivity index (χ1v) is 6.52. The zero-order valence-corrected chi connectivity index (χ0v) is 12.2. The summed E-state index contributed by atoms with van der Waals surface area (Å²) >= 11 is 2.21. The Labute approximate surface area is 119 Å². The molecule has 90 valence electrons. The van der Waals surface area contributed by atoms with Gasteiger partial charge in [0.25, 0.3) is 5.56 Å². The fourth-order valence-corrected chi connectivity index (χ4v) is 2.30. The monoisotopic (exact) mass is 350 g/mol. The van der Waals surface area contributed by atoms with Gasteiger partial charge in [-0.15, -0.1) is 0 Å². The fraction of sp³-hybridized carbons (Fsp3) is 0.143. The van der Waals surface area contributed by atoms with Crippen molar-refractivity contribution in [2.24, 2.45) is 0 Å². The summed E-state index contributed by atoms with van der Waals surface area (Å²) in [5.41, 5.74) is 2.30. The zero-order valence-electron chi connectivity index (χ0n) is 10.1. The number of halogens is 1. The molecule has 1 aromatic carbocycles. The summed E-state index contributed by atoms with van der Waals surface area (Å²) in [4.78, 5) is 12.3. The third-order valence-electron chi connectivity index (χ3n) is 2.79. The Balaban J connectivity index is 2.77. The van der Waals surface area contributed by atoms with Gasteiger partial charge in [0, 0.05) is 15.0 Å². The number of aromatic nitrogens is 1. The number of nitrogens with zero attached hydrogens (tertiary/aromatic N) is 2. The van der Waals surface area contributed by atoms with Gasteiger partial charge in [0.2, 0.25) is 0 Å². The lowest BCUT2D eigenvalue weighted by Gasteiger charge is -2.11. The van der Waals surface area contributed by atoms with Gasteiger partial charge in [-0.1, -0.05) is 0 Å². The topological polar surface area (TPSA) is 45.8 Å². The number of pyridine rings is 1. The molecule has 2 aromatic rings. The smallest absolute Gasteiger partial charge is 0.273 e. The Kier molecular flexibility index (Phi) is 3.53. The number of aryl methyl sites for hydroxylation is 2. The van der Waals surface area contributed by atoms with Crippen molar-refractivity contribution in [1.29, 1.82) is 5.26 Å². The van der Waals surface area contributed by atoms with Gasteiger partial charge >= 0.3 is 0 Å². The van der Waals surface area contributed by atoms with Gasteiger partial charge in [-0.3, -0.25) is 9.36 Å². The average Bonchev–Trinajstić information content (AvgIpc) is 2.31. The molecule has 18 heavy (non-hydrogen) atoms. The van der Waals surface area contributed by atoms with E-state index in [1.165, 1.54) is 0 Å². The quantitative estimate of drug-likeness (QED) is 0.743. The summed E-state index contributed by atoms with van der Waals surface area (Å²) in [6.45, 7) is 3.65. The lowest BCUT2D eigenvalue weighted by molar-refractivity contribution is 0.920. The SMILES string of the molecule is Cc1cc(C)n(-c2ccc(I)cc2)c(=O)c1C#N. The standard InChI is InChI=1S/C14H11IN2O/c1-9-7-10(2)17(14(18)13(9)8-16)12-5-3-11(15)4-6-12/h3-7H,1-2H3. The van der Waals surface area contributed by atoms with E-state index in [1.54, 1.807) is 11.5 Å². The van der Waals surface area contributed by atoms with Crippen LogP contribution in [0.25, 0.3) is 5.69 Å². The van der Waals surface area contributed by atoms with Gasteiger partial charge in [0.15, 0.2) is 0 Å². The van der Waals surface area contributed by atoms with Gasteiger partial charge in [-0.25, -0.2) is 0 Å². The third kappa shape index (κ3) is 2.18. The second-order valence-corrected chi connectivity index (χ2v) is 5.32. The van der Waals surface area contributed by atoms with E-state index in [1.807, 2.05) is 43.3 Å². The van der Waals surface area contributed by atoms with Crippen LogP contribution in [-0.4, -0.2) is 4.57 Å². The van der Waals surface area contributed by atoms with E-state index in [2.05, 4.69) is 22.6 Å². The van der Waals surface area contributed by atoms with E-state index in [4.69, 9.17) is 5.26 Å². The molecule has 3 nitrogen and oxygen atoms in total. The summed E-state index contributed by atoms with van der Waals surface area (Å²) < 4.78 is 2.68. The lowest BCUT2D eigenvalue weighted by atomic mass is 10.1. The van der Waals surface area contributed by atoms with E-state index < -0.39 is 0 Å². The highest BCUT2D eigenvalue weighted by Gasteiger charge is 2.11. The second-order valence-electron chi connectivity index (χ2n) is 4.07. The van der Waals surface area contributed by atoms with Crippen molar-refractivity contribution in [3.05, 3.63) is 61.1 Å². The number of hydrogen-bond acceptors (Lipinski definition) is 2. The maximum Gasteiger partial charge on any atom is 0.273 e. The highest BCUT2D eigenvalue weighted by molar-refractivity contribution is 14.1. The van der Waals surface area contributed by atoms with Crippen molar-refractivity contribution in [3.63, 3.8) is 0 Å². The molecule has 1 heterocycles. The maximum absolute atomic E-state index is 12.3. The largest absolute Gasteiger partial charge is 0.280 e. The Hall–Kier alpha value is -1.61. The number of hydrogen-bond donors (Lipinski definition) is 0. The van der Waals surface area contributed by atoms with Gasteiger partial charge in [-0.2, -0.15) is 5.26 Å². The van der Waals surface area contributed by atoms with Crippen molar-refractivity contribution in [3.8, 4) is 11.8 Å².